The van der Waals surface area contributed by atoms with Gasteiger partial charge in [0.1, 0.15) is 11.5 Å². The SMILES string of the molecule is COc1cc2nn(C3CCC4(CC3)CC(=O)N(C)C4)cc2cc1Br.COc1cc2nn(C3CCC4(CC3)CC(=O)N(C)C4)cc2cc1Br. The Kier molecular flexibility index (Phi) is 9.02. The number of halogens is 2. The number of nitrogens with zero attached hydrogens (tertiary/aromatic N) is 6. The molecule has 2 saturated carbocycles. The van der Waals surface area contributed by atoms with Crippen LogP contribution in [-0.4, -0.2) is 82.6 Å². The number of carbonyl (C=O) groups excluding carboxylic acids is 2. The van der Waals surface area contributed by atoms with Crippen molar-refractivity contribution in [2.75, 3.05) is 41.4 Å². The fourth-order valence-corrected chi connectivity index (χ4v) is 9.66. The first kappa shape index (κ1) is 33.4. The van der Waals surface area contributed by atoms with Gasteiger partial charge in [-0.2, -0.15) is 10.2 Å². The van der Waals surface area contributed by atoms with Gasteiger partial charge < -0.3 is 19.3 Å². The molecule has 12 heteroatoms. The van der Waals surface area contributed by atoms with Crippen molar-refractivity contribution >= 4 is 65.5 Å². The molecular formula is C36H44Br2N6O4. The maximum atomic E-state index is 11.9. The lowest BCUT2D eigenvalue weighted by molar-refractivity contribution is -0.127. The van der Waals surface area contributed by atoms with E-state index in [4.69, 9.17) is 19.7 Å². The highest BCUT2D eigenvalue weighted by atomic mass is 79.9. The molecule has 4 fully saturated rings. The number of amides is 2. The van der Waals surface area contributed by atoms with Gasteiger partial charge in [0, 0.05) is 75.3 Å². The summed E-state index contributed by atoms with van der Waals surface area (Å²) in [4.78, 5) is 27.6. The van der Waals surface area contributed by atoms with Crippen molar-refractivity contribution < 1.29 is 19.1 Å². The fraction of sp³-hybridized carbons (Fsp3) is 0.556. The minimum atomic E-state index is 0.209. The van der Waals surface area contributed by atoms with E-state index in [1.165, 1.54) is 0 Å². The first-order valence-electron chi connectivity index (χ1n) is 16.9. The van der Waals surface area contributed by atoms with Crippen molar-refractivity contribution in [3.63, 3.8) is 0 Å². The second-order valence-corrected chi connectivity index (χ2v) is 16.3. The summed E-state index contributed by atoms with van der Waals surface area (Å²) in [7, 11) is 7.19. The van der Waals surface area contributed by atoms with E-state index in [1.807, 2.05) is 36.0 Å². The average Bonchev–Trinajstić information content (AvgIpc) is 3.81. The third kappa shape index (κ3) is 6.34. The standard InChI is InChI=1S/2C18H22BrN3O2/c2*1-21-11-18(9-17(21)23)5-3-13(4-6-18)22-10-12-7-14(19)16(24-2)8-15(12)20-22/h2*7-8,10,13H,3-6,9,11H2,1-2H3. The quantitative estimate of drug-likeness (QED) is 0.212. The first-order chi connectivity index (χ1) is 23.0. The molecule has 2 aromatic heterocycles. The van der Waals surface area contributed by atoms with Crippen molar-refractivity contribution in [1.82, 2.24) is 29.4 Å². The van der Waals surface area contributed by atoms with Gasteiger partial charge in [0.15, 0.2) is 0 Å². The van der Waals surface area contributed by atoms with Crippen LogP contribution in [0.3, 0.4) is 0 Å². The molecule has 0 unspecified atom stereocenters. The lowest BCUT2D eigenvalue weighted by Gasteiger charge is -2.36. The van der Waals surface area contributed by atoms with Crippen LogP contribution in [0.1, 0.15) is 76.3 Å². The number of likely N-dealkylation sites (tertiary alicyclic amines) is 2. The minimum Gasteiger partial charge on any atom is -0.495 e. The molecular weight excluding hydrogens is 740 g/mol. The molecule has 0 bridgehead atoms. The molecule has 2 aliphatic carbocycles. The summed E-state index contributed by atoms with van der Waals surface area (Å²) in [6.07, 6.45) is 14.5. The second kappa shape index (κ2) is 13.0. The molecule has 2 spiro atoms. The molecule has 10 nitrogen and oxygen atoms in total. The zero-order valence-electron chi connectivity index (χ0n) is 28.2. The predicted molar refractivity (Wildman–Crippen MR) is 192 cm³/mol. The van der Waals surface area contributed by atoms with Crippen molar-refractivity contribution in [2.24, 2.45) is 10.8 Å². The maximum Gasteiger partial charge on any atom is 0.222 e. The Bertz CT molecular complexity index is 1720. The van der Waals surface area contributed by atoms with Gasteiger partial charge in [-0.3, -0.25) is 19.0 Å². The summed E-state index contributed by atoms with van der Waals surface area (Å²) in [5.41, 5.74) is 2.35. The van der Waals surface area contributed by atoms with Crippen LogP contribution < -0.4 is 9.47 Å². The third-order valence-corrected chi connectivity index (χ3v) is 12.7. The van der Waals surface area contributed by atoms with E-state index in [-0.39, 0.29) is 10.8 Å². The predicted octanol–water partition coefficient (Wildman–Crippen LogP) is 7.54. The number of benzene rings is 2. The van der Waals surface area contributed by atoms with Crippen molar-refractivity contribution in [3.8, 4) is 11.5 Å². The lowest BCUT2D eigenvalue weighted by atomic mass is 9.72. The van der Waals surface area contributed by atoms with Crippen LogP contribution in [0.15, 0.2) is 45.6 Å². The number of carbonyl (C=O) groups is 2. The Morgan fingerprint density at radius 3 is 1.35 bits per heavy atom. The molecule has 0 N–H and O–H groups in total. The Labute approximate surface area is 298 Å². The van der Waals surface area contributed by atoms with Gasteiger partial charge in [-0.25, -0.2) is 0 Å². The monoisotopic (exact) mass is 782 g/mol. The second-order valence-electron chi connectivity index (χ2n) is 14.6. The van der Waals surface area contributed by atoms with E-state index >= 15 is 0 Å². The summed E-state index contributed by atoms with van der Waals surface area (Å²) in [5.74, 6) is 2.22. The molecule has 48 heavy (non-hydrogen) atoms. The third-order valence-electron chi connectivity index (χ3n) is 11.4. The van der Waals surface area contributed by atoms with Crippen molar-refractivity contribution in [2.45, 2.75) is 76.3 Å². The Hall–Kier alpha value is -3.12. The highest BCUT2D eigenvalue weighted by Gasteiger charge is 2.45. The molecule has 0 atom stereocenters. The van der Waals surface area contributed by atoms with Gasteiger partial charge >= 0.3 is 0 Å². The van der Waals surface area contributed by atoms with Gasteiger partial charge in [0.05, 0.1) is 46.3 Å². The molecule has 2 saturated heterocycles. The topological polar surface area (TPSA) is 94.7 Å². The number of rotatable bonds is 4. The number of ether oxygens (including phenoxy) is 2. The molecule has 4 heterocycles. The Balaban J connectivity index is 0.000000152. The minimum absolute atomic E-state index is 0.209. The van der Waals surface area contributed by atoms with Gasteiger partial charge in [-0.1, -0.05) is 0 Å². The molecule has 2 aliphatic heterocycles. The van der Waals surface area contributed by atoms with Crippen LogP contribution in [0, 0.1) is 10.8 Å². The highest BCUT2D eigenvalue weighted by molar-refractivity contribution is 9.11. The molecule has 4 aromatic rings. The van der Waals surface area contributed by atoms with Crippen LogP contribution in [0.5, 0.6) is 11.5 Å². The van der Waals surface area contributed by atoms with Crippen LogP contribution in [0.25, 0.3) is 21.8 Å². The van der Waals surface area contributed by atoms with Crippen LogP contribution >= 0.6 is 31.9 Å². The van der Waals surface area contributed by atoms with E-state index in [2.05, 4.69) is 65.7 Å². The fourth-order valence-electron chi connectivity index (χ4n) is 8.61. The largest absolute Gasteiger partial charge is 0.495 e. The summed E-state index contributed by atoms with van der Waals surface area (Å²) in [6.45, 7) is 1.84. The Morgan fingerprint density at radius 1 is 0.667 bits per heavy atom. The van der Waals surface area contributed by atoms with Crippen LogP contribution in [-0.2, 0) is 9.59 Å². The lowest BCUT2D eigenvalue weighted by Crippen LogP contribution is -2.31. The van der Waals surface area contributed by atoms with Crippen molar-refractivity contribution in [3.05, 3.63) is 45.6 Å². The van der Waals surface area contributed by atoms with E-state index in [0.717, 1.165) is 120 Å². The van der Waals surface area contributed by atoms with Gasteiger partial charge in [-0.15, -0.1) is 0 Å². The average molecular weight is 785 g/mol. The molecule has 256 valence electrons. The number of hydrogen-bond donors (Lipinski definition) is 0. The van der Waals surface area contributed by atoms with Gasteiger partial charge in [0.2, 0.25) is 11.8 Å². The van der Waals surface area contributed by atoms with Gasteiger partial charge in [-0.05, 0) is 106 Å². The number of hydrogen-bond acceptors (Lipinski definition) is 6. The molecule has 2 aromatic carbocycles. The zero-order chi connectivity index (χ0) is 33.8. The summed E-state index contributed by atoms with van der Waals surface area (Å²) in [5, 5.41) is 11.8. The maximum absolute atomic E-state index is 11.9. The highest BCUT2D eigenvalue weighted by Crippen LogP contribution is 2.48. The summed E-state index contributed by atoms with van der Waals surface area (Å²) >= 11 is 7.07. The van der Waals surface area contributed by atoms with Crippen LogP contribution in [0.4, 0.5) is 0 Å². The van der Waals surface area contributed by atoms with Gasteiger partial charge in [0.25, 0.3) is 0 Å². The first-order valence-corrected chi connectivity index (χ1v) is 18.5. The van der Waals surface area contributed by atoms with E-state index in [0.29, 0.717) is 23.9 Å². The summed E-state index contributed by atoms with van der Waals surface area (Å²) < 4.78 is 16.8. The molecule has 4 aliphatic rings. The summed E-state index contributed by atoms with van der Waals surface area (Å²) in [6, 6.07) is 8.93. The molecule has 8 rings (SSSR count). The van der Waals surface area contributed by atoms with Crippen LogP contribution in [0.2, 0.25) is 0 Å². The zero-order valence-corrected chi connectivity index (χ0v) is 31.3. The van der Waals surface area contributed by atoms with E-state index in [1.54, 1.807) is 14.2 Å². The molecule has 2 amide bonds. The number of aromatic nitrogens is 4. The number of fused-ring (bicyclic) bond motifs is 2. The van der Waals surface area contributed by atoms with E-state index in [9.17, 15) is 9.59 Å². The molecule has 0 radical (unpaired) electrons. The normalized spacial score (nSPS) is 27.4. The van der Waals surface area contributed by atoms with E-state index < -0.39 is 0 Å². The smallest absolute Gasteiger partial charge is 0.222 e. The Morgan fingerprint density at radius 2 is 1.04 bits per heavy atom. The number of methoxy groups -OCH3 is 2. The van der Waals surface area contributed by atoms with Crippen molar-refractivity contribution in [1.29, 1.82) is 0 Å².